The highest BCUT2D eigenvalue weighted by molar-refractivity contribution is 5.79. The van der Waals surface area contributed by atoms with Crippen LogP contribution in [0.25, 0.3) is 0 Å². The molecule has 1 aliphatic rings. The van der Waals surface area contributed by atoms with Crippen LogP contribution in [0.15, 0.2) is 64.2 Å². The molecule has 4 rings (SSSR count). The second-order valence-corrected chi connectivity index (χ2v) is 5.99. The molecule has 1 aliphatic carbocycles. The van der Waals surface area contributed by atoms with Gasteiger partial charge in [0.2, 0.25) is 0 Å². The molecule has 0 unspecified atom stereocenters. The number of anilines is 3. The molecule has 24 heavy (non-hydrogen) atoms. The Labute approximate surface area is 138 Å². The second kappa shape index (κ2) is 5.62. The van der Waals surface area contributed by atoms with Gasteiger partial charge in [-0.05, 0) is 23.3 Å². The number of aliphatic hydroxyl groups is 1. The van der Waals surface area contributed by atoms with E-state index in [9.17, 15) is 14.7 Å². The van der Waals surface area contributed by atoms with Gasteiger partial charge in [-0.25, -0.2) is 0 Å². The average Bonchev–Trinajstić information content (AvgIpc) is 2.94. The Kier molecular flexibility index (Phi) is 3.43. The first-order valence-electron chi connectivity index (χ1n) is 7.83. The Morgan fingerprint density at radius 3 is 2.33 bits per heavy atom. The maximum atomic E-state index is 12.0. The Morgan fingerprint density at radius 2 is 1.54 bits per heavy atom. The second-order valence-electron chi connectivity index (χ2n) is 5.99. The van der Waals surface area contributed by atoms with Crippen molar-refractivity contribution in [3.63, 3.8) is 0 Å². The maximum Gasteiger partial charge on any atom is 0.253 e. The van der Waals surface area contributed by atoms with Gasteiger partial charge in [-0.3, -0.25) is 9.59 Å². The first-order valence-corrected chi connectivity index (χ1v) is 7.83. The smallest absolute Gasteiger partial charge is 0.253 e. The van der Waals surface area contributed by atoms with Crippen molar-refractivity contribution in [3.05, 3.63) is 86.2 Å². The Hall–Kier alpha value is -2.92. The molecule has 0 aliphatic heterocycles. The van der Waals surface area contributed by atoms with Gasteiger partial charge in [0.05, 0.1) is 12.1 Å². The summed E-state index contributed by atoms with van der Waals surface area (Å²) in [6.07, 6.45) is -0.0959. The molecule has 0 fully saturated rings. The monoisotopic (exact) mass is 320 g/mol. The number of hydrogen-bond acceptors (Lipinski definition) is 5. The van der Waals surface area contributed by atoms with Crippen molar-refractivity contribution in [1.29, 1.82) is 0 Å². The summed E-state index contributed by atoms with van der Waals surface area (Å²) in [6.45, 7) is 0. The van der Waals surface area contributed by atoms with Crippen LogP contribution in [0.2, 0.25) is 0 Å². The fourth-order valence-electron chi connectivity index (χ4n) is 3.22. The van der Waals surface area contributed by atoms with Gasteiger partial charge >= 0.3 is 0 Å². The van der Waals surface area contributed by atoms with E-state index in [-0.39, 0.29) is 17.4 Å². The Bertz CT molecular complexity index is 958. The number of nitrogens with one attached hydrogen (secondary N) is 2. The molecule has 0 spiro atoms. The van der Waals surface area contributed by atoms with Crippen molar-refractivity contribution < 1.29 is 5.11 Å². The van der Waals surface area contributed by atoms with Crippen LogP contribution >= 0.6 is 0 Å². The molecule has 0 aromatic heterocycles. The van der Waals surface area contributed by atoms with Crippen LogP contribution in [0, 0.1) is 0 Å². The van der Waals surface area contributed by atoms with E-state index in [4.69, 9.17) is 0 Å². The maximum absolute atomic E-state index is 12.0. The van der Waals surface area contributed by atoms with Crippen LogP contribution in [0.5, 0.6) is 0 Å². The number of rotatable bonds is 4. The largest absolute Gasteiger partial charge is 0.390 e. The normalized spacial score (nSPS) is 19.2. The molecule has 0 saturated carbocycles. The summed E-state index contributed by atoms with van der Waals surface area (Å²) in [6, 6.07) is 16.5. The van der Waals surface area contributed by atoms with Crippen LogP contribution in [-0.2, 0) is 6.42 Å². The van der Waals surface area contributed by atoms with E-state index in [0.717, 1.165) is 16.8 Å². The summed E-state index contributed by atoms with van der Waals surface area (Å²) in [5.74, 6) is 0. The zero-order valence-electron chi connectivity index (χ0n) is 12.8. The topological polar surface area (TPSA) is 78.4 Å². The van der Waals surface area contributed by atoms with E-state index >= 15 is 0 Å². The molecule has 0 radical (unpaired) electrons. The third-order valence-electron chi connectivity index (χ3n) is 4.46. The minimum atomic E-state index is -0.628. The van der Waals surface area contributed by atoms with Crippen LogP contribution < -0.4 is 21.5 Å². The highest BCUT2D eigenvalue weighted by Crippen LogP contribution is 2.35. The standard InChI is InChI=1S/C19H16N2O3/c22-14-10-11-6-4-5-9-13(11)15(14)21-17-16(18(23)19(17)24)20-12-7-2-1-3-8-12/h1-9,14-15,20-22H,10H2/t14-,15+/m1/s1. The molecule has 0 saturated heterocycles. The third-order valence-corrected chi connectivity index (χ3v) is 4.46. The van der Waals surface area contributed by atoms with E-state index in [1.807, 2.05) is 54.6 Å². The predicted molar refractivity (Wildman–Crippen MR) is 93.6 cm³/mol. The number of benzene rings is 2. The fourth-order valence-corrected chi connectivity index (χ4v) is 3.22. The molecular weight excluding hydrogens is 304 g/mol. The molecule has 5 heteroatoms. The lowest BCUT2D eigenvalue weighted by Crippen LogP contribution is -2.38. The van der Waals surface area contributed by atoms with Crippen molar-refractivity contribution in [2.24, 2.45) is 0 Å². The van der Waals surface area contributed by atoms with E-state index in [1.165, 1.54) is 0 Å². The summed E-state index contributed by atoms with van der Waals surface area (Å²) in [7, 11) is 0. The summed E-state index contributed by atoms with van der Waals surface area (Å²) in [4.78, 5) is 23.9. The van der Waals surface area contributed by atoms with Crippen LogP contribution in [0.3, 0.4) is 0 Å². The molecule has 3 N–H and O–H groups in total. The van der Waals surface area contributed by atoms with Gasteiger partial charge in [0.1, 0.15) is 11.4 Å². The van der Waals surface area contributed by atoms with Crippen molar-refractivity contribution in [3.8, 4) is 0 Å². The first-order chi connectivity index (χ1) is 11.6. The number of fused-ring (bicyclic) bond motifs is 1. The van der Waals surface area contributed by atoms with Crippen LogP contribution in [0.4, 0.5) is 17.1 Å². The van der Waals surface area contributed by atoms with Crippen molar-refractivity contribution in [2.75, 3.05) is 10.6 Å². The van der Waals surface area contributed by atoms with E-state index < -0.39 is 17.0 Å². The van der Waals surface area contributed by atoms with E-state index in [0.29, 0.717) is 6.42 Å². The molecule has 2 atom stereocenters. The summed E-state index contributed by atoms with van der Waals surface area (Å²) < 4.78 is 0. The lowest BCUT2D eigenvalue weighted by atomic mass is 10.1. The molecule has 0 heterocycles. The van der Waals surface area contributed by atoms with Gasteiger partial charge in [0.25, 0.3) is 10.9 Å². The lowest BCUT2D eigenvalue weighted by molar-refractivity contribution is 0.166. The first kappa shape index (κ1) is 14.7. The zero-order chi connectivity index (χ0) is 16.7. The molecular formula is C19H16N2O3. The molecule has 3 aromatic carbocycles. The SMILES string of the molecule is O=c1c(Nc2ccccc2)c(N[C@H]2c3ccccc3C[C@H]2O)c1=O. The van der Waals surface area contributed by atoms with Crippen LogP contribution in [0.1, 0.15) is 17.2 Å². The van der Waals surface area contributed by atoms with Gasteiger partial charge in [0.15, 0.2) is 0 Å². The highest BCUT2D eigenvalue weighted by atomic mass is 16.3. The number of para-hydroxylation sites is 1. The molecule has 0 amide bonds. The van der Waals surface area contributed by atoms with E-state index in [2.05, 4.69) is 10.6 Å². The summed E-state index contributed by atoms with van der Waals surface area (Å²) >= 11 is 0. The third kappa shape index (κ3) is 2.30. The Morgan fingerprint density at radius 1 is 0.875 bits per heavy atom. The molecule has 120 valence electrons. The highest BCUT2D eigenvalue weighted by Gasteiger charge is 2.33. The minimum absolute atomic E-state index is 0.240. The van der Waals surface area contributed by atoms with Gasteiger partial charge in [-0.2, -0.15) is 0 Å². The van der Waals surface area contributed by atoms with Gasteiger partial charge < -0.3 is 15.7 Å². The molecule has 5 nitrogen and oxygen atoms in total. The van der Waals surface area contributed by atoms with Gasteiger partial charge in [-0.1, -0.05) is 42.5 Å². The van der Waals surface area contributed by atoms with Crippen molar-refractivity contribution >= 4 is 17.1 Å². The zero-order valence-corrected chi connectivity index (χ0v) is 12.8. The Balaban J connectivity index is 1.64. The molecule has 0 bridgehead atoms. The molecule has 3 aromatic rings. The lowest BCUT2D eigenvalue weighted by Gasteiger charge is -2.22. The quantitative estimate of drug-likeness (QED) is 0.642. The van der Waals surface area contributed by atoms with E-state index in [1.54, 1.807) is 0 Å². The summed E-state index contributed by atoms with van der Waals surface area (Å²) in [5.41, 5.74) is 2.15. The van der Waals surface area contributed by atoms with Gasteiger partial charge in [0, 0.05) is 12.1 Å². The fraction of sp³-hybridized carbons (Fsp3) is 0.158. The predicted octanol–water partition coefficient (Wildman–Crippen LogP) is 2.10. The van der Waals surface area contributed by atoms with Crippen molar-refractivity contribution in [2.45, 2.75) is 18.6 Å². The van der Waals surface area contributed by atoms with Gasteiger partial charge in [-0.15, -0.1) is 0 Å². The van der Waals surface area contributed by atoms with Crippen LogP contribution in [-0.4, -0.2) is 11.2 Å². The minimum Gasteiger partial charge on any atom is -0.390 e. The average molecular weight is 320 g/mol. The summed E-state index contributed by atoms with van der Waals surface area (Å²) in [5, 5.41) is 16.4. The van der Waals surface area contributed by atoms with Crippen molar-refractivity contribution in [1.82, 2.24) is 0 Å². The number of hydrogen-bond donors (Lipinski definition) is 3. The number of aliphatic hydroxyl groups excluding tert-OH is 1.